The van der Waals surface area contributed by atoms with Gasteiger partial charge in [-0.2, -0.15) is 0 Å². The minimum absolute atomic E-state index is 0.123. The molecule has 1 aromatic carbocycles. The van der Waals surface area contributed by atoms with Crippen LogP contribution in [0.4, 0.5) is 8.78 Å². The number of benzene rings is 1. The smallest absolute Gasteiger partial charge is 0.126 e. The monoisotopic (exact) mass is 225 g/mol. The molecule has 1 saturated heterocycles. The lowest BCUT2D eigenvalue weighted by Crippen LogP contribution is -2.15. The molecule has 0 amide bonds. The average molecular weight is 225 g/mol. The third kappa shape index (κ3) is 2.68. The van der Waals surface area contributed by atoms with Crippen molar-refractivity contribution < 1.29 is 13.5 Å². The fourth-order valence-corrected chi connectivity index (χ4v) is 1.56. The van der Waals surface area contributed by atoms with Crippen LogP contribution in [0.15, 0.2) is 23.3 Å². The molecule has 1 unspecified atom stereocenters. The number of halogens is 2. The zero-order valence-corrected chi connectivity index (χ0v) is 8.31. The summed E-state index contributed by atoms with van der Waals surface area (Å²) in [5.41, 5.74) is 8.82. The molecule has 1 aliphatic rings. The summed E-state index contributed by atoms with van der Waals surface area (Å²) in [6.07, 6.45) is 0.158. The molecule has 0 bridgehead atoms. The molecule has 1 fully saturated rings. The molecule has 0 saturated carbocycles. The lowest BCUT2D eigenvalue weighted by Gasteiger charge is -2.07. The number of nitrogens with zero attached hydrogens (tertiary/aromatic N) is 3. The first-order valence-corrected chi connectivity index (χ1v) is 4.80. The number of ether oxygens (including phenoxy) is 1. The van der Waals surface area contributed by atoms with Crippen LogP contribution in [-0.4, -0.2) is 18.8 Å². The van der Waals surface area contributed by atoms with Gasteiger partial charge < -0.3 is 4.74 Å². The summed E-state index contributed by atoms with van der Waals surface area (Å²) in [6, 6.07) is 2.86. The van der Waals surface area contributed by atoms with Gasteiger partial charge in [-0.25, -0.2) is 8.78 Å². The summed E-state index contributed by atoms with van der Waals surface area (Å²) in [7, 11) is 0. The molecular weight excluding hydrogens is 216 g/mol. The fraction of sp³-hybridized carbons (Fsp3) is 0.400. The summed E-state index contributed by atoms with van der Waals surface area (Å²) < 4.78 is 30.8. The van der Waals surface area contributed by atoms with Crippen LogP contribution in [0.3, 0.4) is 0 Å². The normalized spacial score (nSPS) is 20.0. The molecule has 16 heavy (non-hydrogen) atoms. The second-order valence-electron chi connectivity index (χ2n) is 3.63. The molecule has 0 aromatic heterocycles. The van der Waals surface area contributed by atoms with Crippen molar-refractivity contribution in [1.29, 1.82) is 0 Å². The van der Waals surface area contributed by atoms with Crippen LogP contribution in [-0.2, 0) is 11.2 Å². The molecule has 2 rings (SSSR count). The Labute approximate surface area is 90.5 Å². The Morgan fingerprint density at radius 2 is 2.06 bits per heavy atom. The molecule has 0 radical (unpaired) electrons. The van der Waals surface area contributed by atoms with E-state index in [-0.39, 0.29) is 12.5 Å². The van der Waals surface area contributed by atoms with Gasteiger partial charge >= 0.3 is 0 Å². The van der Waals surface area contributed by atoms with E-state index in [1.165, 1.54) is 12.1 Å². The van der Waals surface area contributed by atoms with Crippen LogP contribution in [0.5, 0.6) is 0 Å². The van der Waals surface area contributed by atoms with Crippen LogP contribution in [0.25, 0.3) is 10.4 Å². The highest BCUT2D eigenvalue weighted by Crippen LogP contribution is 2.21. The standard InChI is InChI=1S/C10H9F2N3O/c11-7-1-6(2-8(12)4-7)3-9(14-15-13)10-5-16-10/h1-2,4,9-10H,3,5H2/t9?,10-/m1/s1. The maximum Gasteiger partial charge on any atom is 0.126 e. The molecule has 1 heterocycles. The van der Waals surface area contributed by atoms with Crippen molar-refractivity contribution in [3.05, 3.63) is 45.8 Å². The van der Waals surface area contributed by atoms with Crippen LogP contribution >= 0.6 is 0 Å². The minimum Gasteiger partial charge on any atom is -0.373 e. The lowest BCUT2D eigenvalue weighted by molar-refractivity contribution is 0.371. The average Bonchev–Trinajstić information content (AvgIpc) is 2.98. The van der Waals surface area contributed by atoms with Gasteiger partial charge in [0.25, 0.3) is 0 Å². The van der Waals surface area contributed by atoms with Crippen molar-refractivity contribution >= 4 is 0 Å². The Bertz CT molecular complexity index is 421. The Balaban J connectivity index is 2.14. The van der Waals surface area contributed by atoms with E-state index >= 15 is 0 Å². The van der Waals surface area contributed by atoms with Crippen molar-refractivity contribution in [2.45, 2.75) is 18.6 Å². The summed E-state index contributed by atoms with van der Waals surface area (Å²) in [5, 5.41) is 3.55. The van der Waals surface area contributed by atoms with Crippen molar-refractivity contribution in [2.24, 2.45) is 5.11 Å². The van der Waals surface area contributed by atoms with Crippen LogP contribution < -0.4 is 0 Å². The Morgan fingerprint density at radius 1 is 1.44 bits per heavy atom. The second kappa shape index (κ2) is 4.47. The quantitative estimate of drug-likeness (QED) is 0.336. The molecule has 0 spiro atoms. The van der Waals surface area contributed by atoms with Crippen LogP contribution in [0.1, 0.15) is 5.56 Å². The van der Waals surface area contributed by atoms with E-state index < -0.39 is 17.7 Å². The molecule has 0 N–H and O–H groups in total. The zero-order chi connectivity index (χ0) is 11.5. The largest absolute Gasteiger partial charge is 0.373 e. The van der Waals surface area contributed by atoms with E-state index in [1.54, 1.807) is 0 Å². The number of epoxide rings is 1. The third-order valence-corrected chi connectivity index (χ3v) is 2.36. The topological polar surface area (TPSA) is 61.3 Å². The highest BCUT2D eigenvalue weighted by molar-refractivity contribution is 5.19. The number of azide groups is 1. The van der Waals surface area contributed by atoms with E-state index in [9.17, 15) is 8.78 Å². The van der Waals surface area contributed by atoms with Crippen molar-refractivity contribution in [2.75, 3.05) is 6.61 Å². The predicted octanol–water partition coefficient (Wildman–Crippen LogP) is 2.59. The van der Waals surface area contributed by atoms with E-state index in [0.717, 1.165) is 6.07 Å². The second-order valence-corrected chi connectivity index (χ2v) is 3.63. The maximum atomic E-state index is 12.9. The van der Waals surface area contributed by atoms with Crippen molar-refractivity contribution in [3.8, 4) is 0 Å². The van der Waals surface area contributed by atoms with Crippen LogP contribution in [0.2, 0.25) is 0 Å². The van der Waals surface area contributed by atoms with Crippen molar-refractivity contribution in [1.82, 2.24) is 0 Å². The van der Waals surface area contributed by atoms with Gasteiger partial charge in [-0.3, -0.25) is 0 Å². The molecule has 1 aliphatic heterocycles. The fourth-order valence-electron chi connectivity index (χ4n) is 1.56. The number of hydrogen-bond donors (Lipinski definition) is 0. The summed E-state index contributed by atoms with van der Waals surface area (Å²) in [5.74, 6) is -1.27. The Hall–Kier alpha value is -1.65. The molecule has 84 valence electrons. The Kier molecular flexibility index (Phi) is 3.03. The van der Waals surface area contributed by atoms with Gasteiger partial charge in [0.1, 0.15) is 11.6 Å². The zero-order valence-electron chi connectivity index (χ0n) is 8.31. The van der Waals surface area contributed by atoms with Gasteiger partial charge in [-0.1, -0.05) is 5.11 Å². The van der Waals surface area contributed by atoms with Gasteiger partial charge in [0, 0.05) is 11.0 Å². The number of rotatable bonds is 4. The highest BCUT2D eigenvalue weighted by atomic mass is 19.1. The molecular formula is C10H9F2N3O. The molecule has 2 atom stereocenters. The van der Waals surface area contributed by atoms with Gasteiger partial charge in [0.2, 0.25) is 0 Å². The molecule has 6 heteroatoms. The lowest BCUT2D eigenvalue weighted by atomic mass is 10.0. The van der Waals surface area contributed by atoms with E-state index in [4.69, 9.17) is 10.3 Å². The predicted molar refractivity (Wildman–Crippen MR) is 52.7 cm³/mol. The van der Waals surface area contributed by atoms with E-state index in [0.29, 0.717) is 12.2 Å². The van der Waals surface area contributed by atoms with Crippen LogP contribution in [0, 0.1) is 11.6 Å². The minimum atomic E-state index is -0.633. The molecule has 4 nitrogen and oxygen atoms in total. The molecule has 1 aromatic rings. The Morgan fingerprint density at radius 3 is 2.56 bits per heavy atom. The first-order chi connectivity index (χ1) is 7.69. The summed E-state index contributed by atoms with van der Waals surface area (Å²) in [6.45, 7) is 0.529. The van der Waals surface area contributed by atoms with E-state index in [2.05, 4.69) is 10.0 Å². The highest BCUT2D eigenvalue weighted by Gasteiger charge is 2.32. The van der Waals surface area contributed by atoms with E-state index in [1.807, 2.05) is 0 Å². The maximum absolute atomic E-state index is 12.9. The summed E-state index contributed by atoms with van der Waals surface area (Å²) in [4.78, 5) is 2.70. The number of hydrogen-bond acceptors (Lipinski definition) is 2. The van der Waals surface area contributed by atoms with Crippen molar-refractivity contribution in [3.63, 3.8) is 0 Å². The first kappa shape index (κ1) is 10.9. The molecule has 0 aliphatic carbocycles. The first-order valence-electron chi connectivity index (χ1n) is 4.80. The summed E-state index contributed by atoms with van der Waals surface area (Å²) >= 11 is 0. The SMILES string of the molecule is [N-]=[N+]=NC(Cc1cc(F)cc(F)c1)[C@H]1CO1. The third-order valence-electron chi connectivity index (χ3n) is 2.36. The van der Waals surface area contributed by atoms with Gasteiger partial charge in [0.05, 0.1) is 18.8 Å². The van der Waals surface area contributed by atoms with Gasteiger partial charge in [0.15, 0.2) is 0 Å². The van der Waals surface area contributed by atoms with Gasteiger partial charge in [-0.15, -0.1) is 0 Å². The van der Waals surface area contributed by atoms with Gasteiger partial charge in [-0.05, 0) is 29.6 Å².